The summed E-state index contributed by atoms with van der Waals surface area (Å²) in [6.07, 6.45) is 3.69. The van der Waals surface area contributed by atoms with Crippen molar-refractivity contribution >= 4 is 5.96 Å². The van der Waals surface area contributed by atoms with Crippen LogP contribution in [0.4, 0.5) is 0 Å². The van der Waals surface area contributed by atoms with Gasteiger partial charge < -0.3 is 10.6 Å². The van der Waals surface area contributed by atoms with Crippen LogP contribution in [0.15, 0.2) is 29.3 Å². The maximum absolute atomic E-state index is 4.30. The van der Waals surface area contributed by atoms with Crippen molar-refractivity contribution in [1.29, 1.82) is 0 Å². The molecule has 0 atom stereocenters. The molecule has 1 rings (SSSR count). The lowest BCUT2D eigenvalue weighted by Crippen LogP contribution is -2.37. The predicted molar refractivity (Wildman–Crippen MR) is 101 cm³/mol. The molecule has 23 heavy (non-hydrogen) atoms. The second-order valence-corrected chi connectivity index (χ2v) is 6.34. The summed E-state index contributed by atoms with van der Waals surface area (Å²) in [5.74, 6) is 0.883. The number of benzene rings is 1. The van der Waals surface area contributed by atoms with Gasteiger partial charge in [-0.3, -0.25) is 9.89 Å². The maximum Gasteiger partial charge on any atom is 0.191 e. The van der Waals surface area contributed by atoms with Gasteiger partial charge in [-0.25, -0.2) is 0 Å². The molecule has 0 saturated carbocycles. The first-order chi connectivity index (χ1) is 11.1. The summed E-state index contributed by atoms with van der Waals surface area (Å²) in [5, 5.41) is 6.81. The molecular formula is C19H34N4. The van der Waals surface area contributed by atoms with Gasteiger partial charge in [0.2, 0.25) is 0 Å². The minimum Gasteiger partial charge on any atom is -0.356 e. The molecule has 1 aromatic carbocycles. The minimum atomic E-state index is 0.545. The lowest BCUT2D eigenvalue weighted by molar-refractivity contribution is 0.265. The molecular weight excluding hydrogens is 284 g/mol. The van der Waals surface area contributed by atoms with E-state index >= 15 is 0 Å². The molecule has 0 unspecified atom stereocenters. The van der Waals surface area contributed by atoms with E-state index < -0.39 is 0 Å². The van der Waals surface area contributed by atoms with E-state index in [0.717, 1.165) is 25.6 Å². The number of hydrogen-bond acceptors (Lipinski definition) is 2. The molecule has 0 heterocycles. The average Bonchev–Trinajstić information content (AvgIpc) is 2.55. The van der Waals surface area contributed by atoms with Gasteiger partial charge in [-0.2, -0.15) is 0 Å². The van der Waals surface area contributed by atoms with E-state index in [2.05, 4.69) is 72.6 Å². The van der Waals surface area contributed by atoms with Gasteiger partial charge in [-0.1, -0.05) is 44.0 Å². The zero-order chi connectivity index (χ0) is 17.1. The topological polar surface area (TPSA) is 39.7 Å². The number of nitrogens with one attached hydrogen (secondary N) is 2. The Morgan fingerprint density at radius 3 is 2.43 bits per heavy atom. The predicted octanol–water partition coefficient (Wildman–Crippen LogP) is 3.38. The first kappa shape index (κ1) is 19.5. The Kier molecular flexibility index (Phi) is 9.37. The van der Waals surface area contributed by atoms with Crippen molar-refractivity contribution in [1.82, 2.24) is 15.5 Å². The van der Waals surface area contributed by atoms with Gasteiger partial charge in [0.05, 0.1) is 0 Å². The summed E-state index contributed by atoms with van der Waals surface area (Å²) >= 11 is 0. The third-order valence-electron chi connectivity index (χ3n) is 4.16. The molecule has 0 aliphatic carbocycles. The Hall–Kier alpha value is -1.55. The standard InChI is InChI=1S/C19H34N4/c1-6-7-10-13-21-19(20-4)22-14-17-11-8-9-12-18(17)15-23(5)16(2)3/h8-9,11-12,16H,6-7,10,13-15H2,1-5H3,(H2,20,21,22). The van der Waals surface area contributed by atoms with Crippen molar-refractivity contribution in [2.24, 2.45) is 4.99 Å². The highest BCUT2D eigenvalue weighted by molar-refractivity contribution is 5.79. The van der Waals surface area contributed by atoms with Crippen LogP contribution in [-0.4, -0.2) is 37.5 Å². The van der Waals surface area contributed by atoms with Crippen molar-refractivity contribution in [3.05, 3.63) is 35.4 Å². The quantitative estimate of drug-likeness (QED) is 0.416. The summed E-state index contributed by atoms with van der Waals surface area (Å²) in [6, 6.07) is 9.18. The monoisotopic (exact) mass is 318 g/mol. The van der Waals surface area contributed by atoms with E-state index in [1.54, 1.807) is 0 Å². The number of hydrogen-bond donors (Lipinski definition) is 2. The van der Waals surface area contributed by atoms with Crippen LogP contribution in [0, 0.1) is 0 Å². The molecule has 0 spiro atoms. The second-order valence-electron chi connectivity index (χ2n) is 6.34. The maximum atomic E-state index is 4.30. The van der Waals surface area contributed by atoms with Gasteiger partial charge >= 0.3 is 0 Å². The van der Waals surface area contributed by atoms with Crippen LogP contribution >= 0.6 is 0 Å². The molecule has 130 valence electrons. The van der Waals surface area contributed by atoms with Crippen LogP contribution in [-0.2, 0) is 13.1 Å². The van der Waals surface area contributed by atoms with Crippen LogP contribution in [0.25, 0.3) is 0 Å². The van der Waals surface area contributed by atoms with Crippen molar-refractivity contribution < 1.29 is 0 Å². The molecule has 2 N–H and O–H groups in total. The third-order valence-corrected chi connectivity index (χ3v) is 4.16. The highest BCUT2D eigenvalue weighted by atomic mass is 15.2. The summed E-state index contributed by atoms with van der Waals surface area (Å²) in [4.78, 5) is 6.66. The zero-order valence-corrected chi connectivity index (χ0v) is 15.5. The molecule has 4 heteroatoms. The van der Waals surface area contributed by atoms with Gasteiger partial charge in [0.25, 0.3) is 0 Å². The third kappa shape index (κ3) is 7.51. The fraction of sp³-hybridized carbons (Fsp3) is 0.632. The number of aliphatic imine (C=N–C) groups is 1. The molecule has 0 aromatic heterocycles. The van der Waals surface area contributed by atoms with E-state index in [9.17, 15) is 0 Å². The van der Waals surface area contributed by atoms with E-state index in [1.165, 1.54) is 30.4 Å². The van der Waals surface area contributed by atoms with E-state index in [-0.39, 0.29) is 0 Å². The van der Waals surface area contributed by atoms with Gasteiger partial charge in [0.1, 0.15) is 0 Å². The number of nitrogens with zero attached hydrogens (tertiary/aromatic N) is 2. The van der Waals surface area contributed by atoms with Crippen LogP contribution in [0.5, 0.6) is 0 Å². The molecule has 0 amide bonds. The number of guanidine groups is 1. The Morgan fingerprint density at radius 1 is 1.13 bits per heavy atom. The fourth-order valence-electron chi connectivity index (χ4n) is 2.32. The van der Waals surface area contributed by atoms with E-state index in [0.29, 0.717) is 6.04 Å². The Morgan fingerprint density at radius 2 is 1.83 bits per heavy atom. The lowest BCUT2D eigenvalue weighted by Gasteiger charge is -2.23. The van der Waals surface area contributed by atoms with Crippen LogP contribution in [0.3, 0.4) is 0 Å². The molecule has 0 aliphatic rings. The summed E-state index contributed by atoms with van der Waals surface area (Å²) in [5.41, 5.74) is 2.70. The highest BCUT2D eigenvalue weighted by Crippen LogP contribution is 2.12. The first-order valence-corrected chi connectivity index (χ1v) is 8.80. The van der Waals surface area contributed by atoms with Crippen molar-refractivity contribution in [3.8, 4) is 0 Å². The Bertz CT molecular complexity index is 468. The molecule has 0 aliphatic heterocycles. The van der Waals surface area contributed by atoms with Crippen molar-refractivity contribution in [2.45, 2.75) is 59.2 Å². The fourth-order valence-corrected chi connectivity index (χ4v) is 2.32. The summed E-state index contributed by atoms with van der Waals surface area (Å²) < 4.78 is 0. The number of rotatable bonds is 9. The molecule has 0 saturated heterocycles. The highest BCUT2D eigenvalue weighted by Gasteiger charge is 2.08. The van der Waals surface area contributed by atoms with Crippen LogP contribution in [0.1, 0.15) is 51.2 Å². The van der Waals surface area contributed by atoms with Crippen LogP contribution in [0.2, 0.25) is 0 Å². The molecule has 0 radical (unpaired) electrons. The number of unbranched alkanes of at least 4 members (excludes halogenated alkanes) is 2. The van der Waals surface area contributed by atoms with Gasteiger partial charge in [-0.15, -0.1) is 0 Å². The normalized spacial score (nSPS) is 12.0. The van der Waals surface area contributed by atoms with Gasteiger partial charge in [0, 0.05) is 32.7 Å². The summed E-state index contributed by atoms with van der Waals surface area (Å²) in [7, 11) is 4.00. The van der Waals surface area contributed by atoms with Crippen molar-refractivity contribution in [2.75, 3.05) is 20.6 Å². The second kappa shape index (κ2) is 11.1. The summed E-state index contributed by atoms with van der Waals surface area (Å²) in [6.45, 7) is 9.42. The van der Waals surface area contributed by atoms with E-state index in [4.69, 9.17) is 0 Å². The average molecular weight is 319 g/mol. The SMILES string of the molecule is CCCCCNC(=NC)NCc1ccccc1CN(C)C(C)C. The molecule has 0 bridgehead atoms. The van der Waals surface area contributed by atoms with Gasteiger partial charge in [0.15, 0.2) is 5.96 Å². The zero-order valence-electron chi connectivity index (χ0n) is 15.5. The first-order valence-electron chi connectivity index (χ1n) is 8.80. The Balaban J connectivity index is 2.56. The molecule has 1 aromatic rings. The molecule has 4 nitrogen and oxygen atoms in total. The van der Waals surface area contributed by atoms with E-state index in [1.807, 2.05) is 7.05 Å². The Labute approximate surface area is 142 Å². The molecule has 0 fully saturated rings. The lowest BCUT2D eigenvalue weighted by atomic mass is 10.1. The minimum absolute atomic E-state index is 0.545. The van der Waals surface area contributed by atoms with Gasteiger partial charge in [-0.05, 0) is 38.4 Å². The largest absolute Gasteiger partial charge is 0.356 e. The smallest absolute Gasteiger partial charge is 0.191 e. The van der Waals surface area contributed by atoms with Crippen molar-refractivity contribution in [3.63, 3.8) is 0 Å². The van der Waals surface area contributed by atoms with Crippen LogP contribution < -0.4 is 10.6 Å².